The van der Waals surface area contributed by atoms with Crippen molar-refractivity contribution in [2.45, 2.75) is 33.2 Å². The molecule has 2 aliphatic rings. The van der Waals surface area contributed by atoms with Gasteiger partial charge in [-0.15, -0.1) is 0 Å². The van der Waals surface area contributed by atoms with Crippen molar-refractivity contribution >= 4 is 5.97 Å². The first-order chi connectivity index (χ1) is 14.6. The normalized spacial score (nSPS) is 17.2. The number of carbonyl (C=O) groups is 1. The maximum atomic E-state index is 11.5. The van der Waals surface area contributed by atoms with E-state index in [2.05, 4.69) is 40.8 Å². The van der Waals surface area contributed by atoms with E-state index in [1.807, 2.05) is 12.1 Å². The van der Waals surface area contributed by atoms with Crippen LogP contribution in [0.4, 0.5) is 0 Å². The Balaban J connectivity index is 0.000000456. The molecule has 30 heavy (non-hydrogen) atoms. The second-order valence-corrected chi connectivity index (χ2v) is 8.25. The minimum Gasteiger partial charge on any atom is -0.493 e. The highest BCUT2D eigenvalue weighted by atomic mass is 16.5. The molecule has 1 aromatic rings. The summed E-state index contributed by atoms with van der Waals surface area (Å²) >= 11 is 0. The summed E-state index contributed by atoms with van der Waals surface area (Å²) in [6.45, 7) is 14.6. The summed E-state index contributed by atoms with van der Waals surface area (Å²) in [5, 5.41) is 9.82. The van der Waals surface area contributed by atoms with E-state index in [-0.39, 0.29) is 5.97 Å². The lowest BCUT2D eigenvalue weighted by Crippen LogP contribution is -2.42. The molecule has 0 amide bonds. The average molecular weight is 421 g/mol. The number of hydrogen-bond acceptors (Lipinski definition) is 7. The molecule has 170 valence electrons. The molecule has 2 fully saturated rings. The van der Waals surface area contributed by atoms with Gasteiger partial charge in [-0.3, -0.25) is 9.69 Å². The fourth-order valence-corrected chi connectivity index (χ4v) is 3.36. The van der Waals surface area contributed by atoms with Gasteiger partial charge in [0.15, 0.2) is 0 Å². The molecule has 2 aliphatic heterocycles. The smallest absolute Gasteiger partial charge is 0.309 e. The number of piperazine rings is 2. The maximum Gasteiger partial charge on any atom is 0.309 e. The van der Waals surface area contributed by atoms with Gasteiger partial charge in [-0.25, -0.2) is 0 Å². The van der Waals surface area contributed by atoms with E-state index in [9.17, 15) is 4.79 Å². The molecule has 0 atom stereocenters. The van der Waals surface area contributed by atoms with Crippen LogP contribution >= 0.6 is 0 Å². The number of hydrogen-bond donors (Lipinski definition) is 3. The molecule has 0 aliphatic carbocycles. The third-order valence-corrected chi connectivity index (χ3v) is 5.21. The highest BCUT2D eigenvalue weighted by Gasteiger charge is 2.15. The molecule has 0 radical (unpaired) electrons. The SMILES string of the molecule is C1CNCCN1.COC(=O)Cc1ccc(OCCC(C)C)c(CN2CCNCC2)c1. The lowest BCUT2D eigenvalue weighted by atomic mass is 10.1. The summed E-state index contributed by atoms with van der Waals surface area (Å²) in [5.41, 5.74) is 2.13. The van der Waals surface area contributed by atoms with E-state index in [4.69, 9.17) is 9.47 Å². The second-order valence-electron chi connectivity index (χ2n) is 8.25. The zero-order chi connectivity index (χ0) is 21.6. The van der Waals surface area contributed by atoms with Crippen molar-refractivity contribution in [1.82, 2.24) is 20.9 Å². The molecule has 0 unspecified atom stereocenters. The van der Waals surface area contributed by atoms with E-state index in [1.54, 1.807) is 0 Å². The van der Waals surface area contributed by atoms with Gasteiger partial charge < -0.3 is 25.4 Å². The van der Waals surface area contributed by atoms with E-state index in [1.165, 1.54) is 7.11 Å². The summed E-state index contributed by atoms with van der Waals surface area (Å²) in [5.74, 6) is 1.35. The molecule has 1 aromatic carbocycles. The number of ether oxygens (including phenoxy) is 2. The Morgan fingerprint density at radius 3 is 2.23 bits per heavy atom. The van der Waals surface area contributed by atoms with E-state index < -0.39 is 0 Å². The van der Waals surface area contributed by atoms with Gasteiger partial charge in [-0.05, 0) is 24.0 Å². The van der Waals surface area contributed by atoms with Crippen LogP contribution in [0.3, 0.4) is 0 Å². The molecule has 0 bridgehead atoms. The van der Waals surface area contributed by atoms with Crippen LogP contribution in [-0.4, -0.2) is 76.9 Å². The van der Waals surface area contributed by atoms with E-state index in [0.29, 0.717) is 12.3 Å². The van der Waals surface area contributed by atoms with Gasteiger partial charge in [0.2, 0.25) is 0 Å². The topological polar surface area (TPSA) is 74.9 Å². The first-order valence-corrected chi connectivity index (χ1v) is 11.2. The molecule has 3 rings (SSSR count). The van der Waals surface area contributed by atoms with Gasteiger partial charge in [0, 0.05) is 64.5 Å². The number of methoxy groups -OCH3 is 1. The third kappa shape index (κ3) is 9.89. The molecule has 0 aromatic heterocycles. The number of carbonyl (C=O) groups excluding carboxylic acids is 1. The Morgan fingerprint density at radius 2 is 1.67 bits per heavy atom. The zero-order valence-corrected chi connectivity index (χ0v) is 19.0. The van der Waals surface area contributed by atoms with Crippen molar-refractivity contribution < 1.29 is 14.3 Å². The van der Waals surface area contributed by atoms with Crippen LogP contribution < -0.4 is 20.7 Å². The maximum absolute atomic E-state index is 11.5. The average Bonchev–Trinajstić information content (AvgIpc) is 2.77. The van der Waals surface area contributed by atoms with Crippen molar-refractivity contribution in [1.29, 1.82) is 0 Å². The van der Waals surface area contributed by atoms with Crippen molar-refractivity contribution in [2.24, 2.45) is 5.92 Å². The summed E-state index contributed by atoms with van der Waals surface area (Å²) in [6, 6.07) is 6.04. The Morgan fingerprint density at radius 1 is 1.03 bits per heavy atom. The van der Waals surface area contributed by atoms with Gasteiger partial charge in [0.1, 0.15) is 5.75 Å². The predicted molar refractivity (Wildman–Crippen MR) is 121 cm³/mol. The van der Waals surface area contributed by atoms with Crippen LogP contribution in [0.15, 0.2) is 18.2 Å². The van der Waals surface area contributed by atoms with Crippen LogP contribution in [-0.2, 0) is 22.5 Å². The fraction of sp³-hybridized carbons (Fsp3) is 0.696. The molecule has 3 N–H and O–H groups in total. The predicted octanol–water partition coefficient (Wildman–Crippen LogP) is 1.41. The Labute approximate surface area is 181 Å². The summed E-state index contributed by atoms with van der Waals surface area (Å²) in [4.78, 5) is 14.0. The summed E-state index contributed by atoms with van der Waals surface area (Å²) < 4.78 is 10.8. The molecular weight excluding hydrogens is 380 g/mol. The standard InChI is InChI=1S/C19H30N2O3.C4H10N2/c1-15(2)6-11-24-18-5-4-16(13-19(22)23-3)12-17(18)14-21-9-7-20-8-10-21;1-2-6-4-3-5-1/h4-5,12,15,20H,6-11,13-14H2,1-3H3;5-6H,1-4H2. The van der Waals surface area contributed by atoms with Crippen molar-refractivity contribution in [2.75, 3.05) is 66.1 Å². The highest BCUT2D eigenvalue weighted by Crippen LogP contribution is 2.23. The molecule has 2 heterocycles. The fourth-order valence-electron chi connectivity index (χ4n) is 3.36. The quantitative estimate of drug-likeness (QED) is 0.549. The van der Waals surface area contributed by atoms with Crippen molar-refractivity contribution in [3.63, 3.8) is 0 Å². The lowest BCUT2D eigenvalue weighted by Gasteiger charge is -2.28. The second kappa shape index (κ2) is 14.4. The van der Waals surface area contributed by atoms with Crippen molar-refractivity contribution in [3.05, 3.63) is 29.3 Å². The van der Waals surface area contributed by atoms with Crippen molar-refractivity contribution in [3.8, 4) is 5.75 Å². The molecule has 2 saturated heterocycles. The molecule has 0 spiro atoms. The Bertz CT molecular complexity index is 603. The minimum atomic E-state index is -0.211. The van der Waals surface area contributed by atoms with Gasteiger partial charge in [0.25, 0.3) is 0 Å². The number of esters is 1. The molecule has 0 saturated carbocycles. The lowest BCUT2D eigenvalue weighted by molar-refractivity contribution is -0.139. The Kier molecular flexibility index (Phi) is 11.8. The number of nitrogens with one attached hydrogen (secondary N) is 3. The van der Waals surface area contributed by atoms with Crippen LogP contribution in [0, 0.1) is 5.92 Å². The number of rotatable bonds is 8. The first kappa shape index (κ1) is 24.6. The van der Waals surface area contributed by atoms with Crippen LogP contribution in [0.2, 0.25) is 0 Å². The van der Waals surface area contributed by atoms with Gasteiger partial charge >= 0.3 is 5.97 Å². The monoisotopic (exact) mass is 420 g/mol. The van der Waals surface area contributed by atoms with E-state index >= 15 is 0 Å². The highest BCUT2D eigenvalue weighted by molar-refractivity contribution is 5.72. The number of benzene rings is 1. The first-order valence-electron chi connectivity index (χ1n) is 11.2. The van der Waals surface area contributed by atoms with Gasteiger partial charge in [-0.2, -0.15) is 0 Å². The van der Waals surface area contributed by atoms with Gasteiger partial charge in [0.05, 0.1) is 20.1 Å². The van der Waals surface area contributed by atoms with Gasteiger partial charge in [-0.1, -0.05) is 26.0 Å². The largest absolute Gasteiger partial charge is 0.493 e. The van der Waals surface area contributed by atoms with E-state index in [0.717, 1.165) is 88.8 Å². The molecule has 7 nitrogen and oxygen atoms in total. The summed E-state index contributed by atoms with van der Waals surface area (Å²) in [7, 11) is 1.42. The molecule has 7 heteroatoms. The minimum absolute atomic E-state index is 0.211. The summed E-state index contributed by atoms with van der Waals surface area (Å²) in [6.07, 6.45) is 1.34. The zero-order valence-electron chi connectivity index (χ0n) is 19.0. The molecular formula is C23H40N4O3. The Hall–Kier alpha value is -1.67. The third-order valence-electron chi connectivity index (χ3n) is 5.21. The van der Waals surface area contributed by atoms with Crippen LogP contribution in [0.25, 0.3) is 0 Å². The van der Waals surface area contributed by atoms with Crippen LogP contribution in [0.1, 0.15) is 31.4 Å². The number of nitrogens with zero attached hydrogens (tertiary/aromatic N) is 1. The van der Waals surface area contributed by atoms with Crippen LogP contribution in [0.5, 0.6) is 5.75 Å².